The van der Waals surface area contributed by atoms with Crippen LogP contribution in [0.3, 0.4) is 0 Å². The third-order valence-corrected chi connectivity index (χ3v) is 2.13. The molecule has 2 aromatic carbocycles. The first kappa shape index (κ1) is 20.7. The average Bonchev–Trinajstić information content (AvgIpc) is 2.49. The molecule has 0 amide bonds. The van der Waals surface area contributed by atoms with Crippen LogP contribution >= 0.6 is 0 Å². The van der Waals surface area contributed by atoms with E-state index < -0.39 is 0 Å². The lowest BCUT2D eigenvalue weighted by Gasteiger charge is -1.96. The maximum absolute atomic E-state index is 8.53. The fourth-order valence-corrected chi connectivity index (χ4v) is 1.31. The van der Waals surface area contributed by atoms with Gasteiger partial charge in [-0.25, -0.2) is 0 Å². The number of aryl methyl sites for hydroxylation is 1. The standard InChI is InChI=1S/C9H12O.C6H6.C3H8.H3N/c10-8-4-7-9-5-2-1-3-6-9;1-2-4-6-5-3-1;1-3-2;/h1-3,5-6,10H,4,7-8H2;1-6H;3H2,1-2H3;1H3. The Hall–Kier alpha value is -1.64. The van der Waals surface area contributed by atoms with Crippen molar-refractivity contribution in [2.45, 2.75) is 33.1 Å². The lowest BCUT2D eigenvalue weighted by molar-refractivity contribution is 0.288. The maximum Gasteiger partial charge on any atom is 0.0434 e. The van der Waals surface area contributed by atoms with Crippen LogP contribution in [0.1, 0.15) is 32.3 Å². The molecule has 2 heteroatoms. The Bertz CT molecular complexity index is 335. The van der Waals surface area contributed by atoms with E-state index in [1.165, 1.54) is 12.0 Å². The van der Waals surface area contributed by atoms with Crippen molar-refractivity contribution in [2.24, 2.45) is 0 Å². The Kier molecular flexibility index (Phi) is 17.9. The predicted octanol–water partition coefficient (Wildman–Crippen LogP) is 4.88. The van der Waals surface area contributed by atoms with E-state index in [9.17, 15) is 0 Å². The van der Waals surface area contributed by atoms with Crippen LogP contribution in [0.15, 0.2) is 66.7 Å². The second-order valence-electron chi connectivity index (χ2n) is 4.17. The molecule has 0 aliphatic carbocycles. The summed E-state index contributed by atoms with van der Waals surface area (Å²) < 4.78 is 0. The monoisotopic (exact) mass is 275 g/mol. The summed E-state index contributed by atoms with van der Waals surface area (Å²) in [6.07, 6.45) is 3.10. The first-order valence-corrected chi connectivity index (χ1v) is 6.99. The van der Waals surface area contributed by atoms with Gasteiger partial charge in [-0.3, -0.25) is 0 Å². The van der Waals surface area contributed by atoms with Gasteiger partial charge in [0.2, 0.25) is 0 Å². The van der Waals surface area contributed by atoms with Gasteiger partial charge < -0.3 is 11.3 Å². The van der Waals surface area contributed by atoms with Crippen molar-refractivity contribution in [3.63, 3.8) is 0 Å². The number of hydrogen-bond donors (Lipinski definition) is 2. The van der Waals surface area contributed by atoms with Crippen molar-refractivity contribution < 1.29 is 5.11 Å². The van der Waals surface area contributed by atoms with Crippen LogP contribution in [0, 0.1) is 0 Å². The molecule has 0 bridgehead atoms. The average molecular weight is 275 g/mol. The third-order valence-electron chi connectivity index (χ3n) is 2.13. The molecule has 20 heavy (non-hydrogen) atoms. The van der Waals surface area contributed by atoms with Crippen molar-refractivity contribution in [1.82, 2.24) is 6.15 Å². The minimum atomic E-state index is 0. The molecular formula is C18H29NO. The van der Waals surface area contributed by atoms with E-state index in [-0.39, 0.29) is 12.8 Å². The molecule has 4 N–H and O–H groups in total. The van der Waals surface area contributed by atoms with Gasteiger partial charge in [0.05, 0.1) is 0 Å². The van der Waals surface area contributed by atoms with Crippen molar-refractivity contribution >= 4 is 0 Å². The van der Waals surface area contributed by atoms with Gasteiger partial charge in [0.25, 0.3) is 0 Å². The second kappa shape index (κ2) is 17.4. The minimum absolute atomic E-state index is 0. The van der Waals surface area contributed by atoms with E-state index in [0.717, 1.165) is 12.8 Å². The van der Waals surface area contributed by atoms with Gasteiger partial charge in [0.15, 0.2) is 0 Å². The Morgan fingerprint density at radius 2 is 1.10 bits per heavy atom. The van der Waals surface area contributed by atoms with Crippen LogP contribution in [-0.2, 0) is 6.42 Å². The van der Waals surface area contributed by atoms with Gasteiger partial charge in [-0.1, -0.05) is 87.0 Å². The molecule has 2 rings (SSSR count). The van der Waals surface area contributed by atoms with Crippen LogP contribution < -0.4 is 6.15 Å². The maximum atomic E-state index is 8.53. The van der Waals surface area contributed by atoms with Crippen LogP contribution in [0.4, 0.5) is 0 Å². The molecule has 0 radical (unpaired) electrons. The molecular weight excluding hydrogens is 246 g/mol. The van der Waals surface area contributed by atoms with Crippen LogP contribution in [0.2, 0.25) is 0 Å². The summed E-state index contributed by atoms with van der Waals surface area (Å²) in [7, 11) is 0. The molecule has 2 aromatic rings. The highest BCUT2D eigenvalue weighted by molar-refractivity contribution is 5.14. The summed E-state index contributed by atoms with van der Waals surface area (Å²) in [4.78, 5) is 0. The first-order valence-electron chi connectivity index (χ1n) is 6.99. The molecule has 0 unspecified atom stereocenters. The predicted molar refractivity (Wildman–Crippen MR) is 89.3 cm³/mol. The summed E-state index contributed by atoms with van der Waals surface area (Å²) in [5, 5.41) is 8.53. The molecule has 112 valence electrons. The fourth-order valence-electron chi connectivity index (χ4n) is 1.31. The molecule has 0 spiro atoms. The molecule has 2 nitrogen and oxygen atoms in total. The summed E-state index contributed by atoms with van der Waals surface area (Å²) in [6, 6.07) is 22.2. The van der Waals surface area contributed by atoms with Gasteiger partial charge in [-0.05, 0) is 18.4 Å². The van der Waals surface area contributed by atoms with Crippen LogP contribution in [-0.4, -0.2) is 11.7 Å². The Morgan fingerprint density at radius 3 is 1.45 bits per heavy atom. The molecule has 0 aromatic heterocycles. The Balaban J connectivity index is 0. The number of hydrogen-bond acceptors (Lipinski definition) is 2. The summed E-state index contributed by atoms with van der Waals surface area (Å²) >= 11 is 0. The van der Waals surface area contributed by atoms with E-state index in [4.69, 9.17) is 5.11 Å². The molecule has 0 heterocycles. The highest BCUT2D eigenvalue weighted by atomic mass is 16.2. The lowest BCUT2D eigenvalue weighted by atomic mass is 10.1. The van der Waals surface area contributed by atoms with E-state index in [0.29, 0.717) is 0 Å². The van der Waals surface area contributed by atoms with Gasteiger partial charge in [-0.15, -0.1) is 0 Å². The van der Waals surface area contributed by atoms with E-state index in [1.54, 1.807) is 0 Å². The van der Waals surface area contributed by atoms with Crippen LogP contribution in [0.5, 0.6) is 0 Å². The molecule has 0 saturated carbocycles. The quantitative estimate of drug-likeness (QED) is 0.839. The fraction of sp³-hybridized carbons (Fsp3) is 0.333. The zero-order chi connectivity index (χ0) is 14.2. The van der Waals surface area contributed by atoms with Gasteiger partial charge in [0, 0.05) is 6.61 Å². The molecule has 0 saturated heterocycles. The van der Waals surface area contributed by atoms with Crippen LogP contribution in [0.25, 0.3) is 0 Å². The molecule has 0 atom stereocenters. The largest absolute Gasteiger partial charge is 0.396 e. The van der Waals surface area contributed by atoms with Gasteiger partial charge >= 0.3 is 0 Å². The number of rotatable bonds is 3. The second-order valence-corrected chi connectivity index (χ2v) is 4.17. The zero-order valence-corrected chi connectivity index (χ0v) is 12.8. The minimum Gasteiger partial charge on any atom is -0.396 e. The smallest absolute Gasteiger partial charge is 0.0434 e. The molecule has 0 aliphatic heterocycles. The first-order chi connectivity index (χ1) is 9.35. The third kappa shape index (κ3) is 14.4. The highest BCUT2D eigenvalue weighted by Crippen LogP contribution is 2.00. The van der Waals surface area contributed by atoms with Crippen molar-refractivity contribution in [1.29, 1.82) is 0 Å². The van der Waals surface area contributed by atoms with Crippen molar-refractivity contribution in [2.75, 3.05) is 6.61 Å². The van der Waals surface area contributed by atoms with E-state index >= 15 is 0 Å². The van der Waals surface area contributed by atoms with E-state index in [1.807, 2.05) is 54.6 Å². The summed E-state index contributed by atoms with van der Waals surface area (Å²) in [5.41, 5.74) is 1.30. The zero-order valence-electron chi connectivity index (χ0n) is 12.8. The normalized spacial score (nSPS) is 8.15. The van der Waals surface area contributed by atoms with Crippen molar-refractivity contribution in [3.8, 4) is 0 Å². The molecule has 0 aliphatic rings. The number of aliphatic hydroxyl groups is 1. The summed E-state index contributed by atoms with van der Waals surface area (Å²) in [6.45, 7) is 4.54. The van der Waals surface area contributed by atoms with E-state index in [2.05, 4.69) is 26.0 Å². The van der Waals surface area contributed by atoms with Gasteiger partial charge in [0.1, 0.15) is 0 Å². The topological polar surface area (TPSA) is 55.2 Å². The SMILES string of the molecule is CCC.N.OCCCc1ccccc1.c1ccccc1. The lowest BCUT2D eigenvalue weighted by Crippen LogP contribution is -1.87. The molecule has 0 fully saturated rings. The summed E-state index contributed by atoms with van der Waals surface area (Å²) in [5.74, 6) is 0. The Labute approximate surface area is 124 Å². The van der Waals surface area contributed by atoms with Crippen molar-refractivity contribution in [3.05, 3.63) is 72.3 Å². The highest BCUT2D eigenvalue weighted by Gasteiger charge is 1.88. The number of aliphatic hydroxyl groups excluding tert-OH is 1. The van der Waals surface area contributed by atoms with Gasteiger partial charge in [-0.2, -0.15) is 0 Å². The number of benzene rings is 2. The Morgan fingerprint density at radius 1 is 0.750 bits per heavy atom.